The third kappa shape index (κ3) is 4.50. The normalized spacial score (nSPS) is 20.1. The van der Waals surface area contributed by atoms with E-state index >= 15 is 0 Å². The van der Waals surface area contributed by atoms with Crippen molar-refractivity contribution in [2.45, 2.75) is 38.0 Å². The molecule has 0 aromatic heterocycles. The number of halogens is 3. The lowest BCUT2D eigenvalue weighted by atomic mass is 9.85. The van der Waals surface area contributed by atoms with Gasteiger partial charge in [0.25, 0.3) is 0 Å². The Bertz CT molecular complexity index is 774. The maximum atomic E-state index is 12.6. The third-order valence-electron chi connectivity index (χ3n) is 5.30. The number of nitrogens with one attached hydrogen (secondary N) is 1. The SMILES string of the molecule is CC1(C(=O)NCc2ccc(C(F)(F)F)cc2)CCN1CCc1ccccc1. The van der Waals surface area contributed by atoms with Gasteiger partial charge in [0.15, 0.2) is 0 Å². The number of rotatable bonds is 6. The molecule has 0 aliphatic carbocycles. The first-order valence-electron chi connectivity index (χ1n) is 9.02. The number of carbonyl (C=O) groups excluding carboxylic acids is 1. The van der Waals surface area contributed by atoms with E-state index in [2.05, 4.69) is 22.3 Å². The molecule has 3 nitrogen and oxygen atoms in total. The number of nitrogens with zero attached hydrogens (tertiary/aromatic N) is 1. The highest BCUT2D eigenvalue weighted by atomic mass is 19.4. The minimum Gasteiger partial charge on any atom is -0.350 e. The molecule has 1 amide bonds. The quantitative estimate of drug-likeness (QED) is 0.826. The van der Waals surface area contributed by atoms with Crippen LogP contribution < -0.4 is 5.32 Å². The molecule has 6 heteroatoms. The number of carbonyl (C=O) groups is 1. The largest absolute Gasteiger partial charge is 0.416 e. The smallest absolute Gasteiger partial charge is 0.350 e. The third-order valence-corrected chi connectivity index (χ3v) is 5.30. The average Bonchev–Trinajstić information content (AvgIpc) is 2.65. The fourth-order valence-electron chi connectivity index (χ4n) is 3.31. The Morgan fingerprint density at radius 1 is 1.07 bits per heavy atom. The van der Waals surface area contributed by atoms with Crippen LogP contribution in [0.2, 0.25) is 0 Å². The van der Waals surface area contributed by atoms with Gasteiger partial charge in [-0.3, -0.25) is 9.69 Å². The van der Waals surface area contributed by atoms with Crippen molar-refractivity contribution in [3.8, 4) is 0 Å². The van der Waals surface area contributed by atoms with Crippen LogP contribution in [0.15, 0.2) is 54.6 Å². The Labute approximate surface area is 157 Å². The molecular formula is C21H23F3N2O. The van der Waals surface area contributed by atoms with Crippen molar-refractivity contribution in [3.05, 3.63) is 71.3 Å². The van der Waals surface area contributed by atoms with Gasteiger partial charge in [0, 0.05) is 19.6 Å². The Kier molecular flexibility index (Phi) is 5.56. The van der Waals surface area contributed by atoms with E-state index in [9.17, 15) is 18.0 Å². The molecule has 1 aliphatic heterocycles. The van der Waals surface area contributed by atoms with Crippen LogP contribution in [0, 0.1) is 0 Å². The number of benzene rings is 2. The molecule has 3 rings (SSSR count). The highest BCUT2D eigenvalue weighted by Gasteiger charge is 2.46. The summed E-state index contributed by atoms with van der Waals surface area (Å²) in [6.45, 7) is 3.81. The van der Waals surface area contributed by atoms with Crippen LogP contribution in [0.5, 0.6) is 0 Å². The Morgan fingerprint density at radius 2 is 1.74 bits per heavy atom. The Balaban J connectivity index is 1.52. The number of alkyl halides is 3. The zero-order chi connectivity index (χ0) is 19.5. The van der Waals surface area contributed by atoms with Crippen molar-refractivity contribution in [2.75, 3.05) is 13.1 Å². The van der Waals surface area contributed by atoms with Crippen molar-refractivity contribution in [1.82, 2.24) is 10.2 Å². The molecule has 0 saturated carbocycles. The maximum Gasteiger partial charge on any atom is 0.416 e. The second-order valence-corrected chi connectivity index (χ2v) is 7.12. The molecule has 1 fully saturated rings. The van der Waals surface area contributed by atoms with Gasteiger partial charge >= 0.3 is 6.18 Å². The summed E-state index contributed by atoms with van der Waals surface area (Å²) in [4.78, 5) is 14.8. The fraction of sp³-hybridized carbons (Fsp3) is 0.381. The van der Waals surface area contributed by atoms with Gasteiger partial charge in [-0.1, -0.05) is 42.5 Å². The van der Waals surface area contributed by atoms with Crippen LogP contribution in [0.25, 0.3) is 0 Å². The van der Waals surface area contributed by atoms with E-state index in [1.165, 1.54) is 17.7 Å². The second kappa shape index (κ2) is 7.72. The van der Waals surface area contributed by atoms with Crippen molar-refractivity contribution in [3.63, 3.8) is 0 Å². The molecule has 1 N–H and O–H groups in total. The molecule has 1 atom stereocenters. The van der Waals surface area contributed by atoms with Gasteiger partial charge in [-0.25, -0.2) is 0 Å². The number of amides is 1. The minimum absolute atomic E-state index is 0.0818. The molecule has 1 heterocycles. The van der Waals surface area contributed by atoms with Crippen molar-refractivity contribution >= 4 is 5.91 Å². The van der Waals surface area contributed by atoms with Gasteiger partial charge in [0.2, 0.25) is 5.91 Å². The van der Waals surface area contributed by atoms with Gasteiger partial charge in [-0.05, 0) is 43.0 Å². The summed E-state index contributed by atoms with van der Waals surface area (Å²) in [6, 6.07) is 15.0. The summed E-state index contributed by atoms with van der Waals surface area (Å²) in [6.07, 6.45) is -2.69. The highest BCUT2D eigenvalue weighted by Crippen LogP contribution is 2.31. The first-order valence-corrected chi connectivity index (χ1v) is 9.02. The minimum atomic E-state index is -4.35. The van der Waals surface area contributed by atoms with Crippen LogP contribution in [-0.4, -0.2) is 29.4 Å². The van der Waals surface area contributed by atoms with Crippen molar-refractivity contribution < 1.29 is 18.0 Å². The van der Waals surface area contributed by atoms with Crippen LogP contribution in [-0.2, 0) is 23.9 Å². The standard InChI is InChI=1S/C21H23F3N2O/c1-20(12-14-26(20)13-11-16-5-3-2-4-6-16)19(27)25-15-17-7-9-18(10-8-17)21(22,23)24/h2-10H,11-15H2,1H3,(H,25,27). The summed E-state index contributed by atoms with van der Waals surface area (Å²) in [5.74, 6) is -0.0818. The van der Waals surface area contributed by atoms with E-state index in [0.29, 0.717) is 5.56 Å². The predicted octanol–water partition coefficient (Wildman–Crippen LogP) is 4.03. The first-order chi connectivity index (χ1) is 12.8. The van der Waals surface area contributed by atoms with E-state index in [1.807, 2.05) is 25.1 Å². The zero-order valence-corrected chi connectivity index (χ0v) is 15.2. The van der Waals surface area contributed by atoms with Gasteiger partial charge in [0.1, 0.15) is 0 Å². The van der Waals surface area contributed by atoms with E-state index in [0.717, 1.165) is 38.1 Å². The monoisotopic (exact) mass is 376 g/mol. The van der Waals surface area contributed by atoms with Crippen LogP contribution >= 0.6 is 0 Å². The molecule has 0 bridgehead atoms. The van der Waals surface area contributed by atoms with Crippen LogP contribution in [0.1, 0.15) is 30.0 Å². The maximum absolute atomic E-state index is 12.6. The van der Waals surface area contributed by atoms with Gasteiger partial charge < -0.3 is 5.32 Å². The zero-order valence-electron chi connectivity index (χ0n) is 15.2. The fourth-order valence-corrected chi connectivity index (χ4v) is 3.31. The Morgan fingerprint density at radius 3 is 2.30 bits per heavy atom. The topological polar surface area (TPSA) is 32.3 Å². The van der Waals surface area contributed by atoms with Gasteiger partial charge in [-0.15, -0.1) is 0 Å². The molecule has 144 valence electrons. The molecule has 1 aliphatic rings. The Hall–Kier alpha value is -2.34. The van der Waals surface area contributed by atoms with Crippen molar-refractivity contribution in [1.29, 1.82) is 0 Å². The lowest BCUT2D eigenvalue weighted by molar-refractivity contribution is -0.141. The number of hydrogen-bond acceptors (Lipinski definition) is 2. The van der Waals surface area contributed by atoms with Crippen molar-refractivity contribution in [2.24, 2.45) is 0 Å². The summed E-state index contributed by atoms with van der Waals surface area (Å²) >= 11 is 0. The van der Waals surface area contributed by atoms with Crippen LogP contribution in [0.4, 0.5) is 13.2 Å². The molecule has 0 spiro atoms. The molecule has 1 saturated heterocycles. The molecule has 2 aromatic rings. The van der Waals surface area contributed by atoms with E-state index < -0.39 is 17.3 Å². The van der Waals surface area contributed by atoms with E-state index in [4.69, 9.17) is 0 Å². The molecular weight excluding hydrogens is 353 g/mol. The van der Waals surface area contributed by atoms with E-state index in [1.54, 1.807) is 0 Å². The molecule has 2 aromatic carbocycles. The predicted molar refractivity (Wildman–Crippen MR) is 98.0 cm³/mol. The summed E-state index contributed by atoms with van der Waals surface area (Å²) < 4.78 is 37.8. The first kappa shape index (κ1) is 19.4. The summed E-state index contributed by atoms with van der Waals surface area (Å²) in [5, 5.41) is 2.87. The summed E-state index contributed by atoms with van der Waals surface area (Å²) in [7, 11) is 0. The lowest BCUT2D eigenvalue weighted by Crippen LogP contribution is -2.65. The van der Waals surface area contributed by atoms with Gasteiger partial charge in [0.05, 0.1) is 11.1 Å². The van der Waals surface area contributed by atoms with E-state index in [-0.39, 0.29) is 12.5 Å². The molecule has 0 radical (unpaired) electrons. The summed E-state index contributed by atoms with van der Waals surface area (Å²) in [5.41, 5.74) is 0.642. The molecule has 27 heavy (non-hydrogen) atoms. The van der Waals surface area contributed by atoms with Crippen LogP contribution in [0.3, 0.4) is 0 Å². The average molecular weight is 376 g/mol. The molecule has 1 unspecified atom stereocenters. The number of likely N-dealkylation sites (tertiary alicyclic amines) is 1. The van der Waals surface area contributed by atoms with Gasteiger partial charge in [-0.2, -0.15) is 13.2 Å². The number of hydrogen-bond donors (Lipinski definition) is 1. The highest BCUT2D eigenvalue weighted by molar-refractivity contribution is 5.86. The second-order valence-electron chi connectivity index (χ2n) is 7.12. The lowest BCUT2D eigenvalue weighted by Gasteiger charge is -2.49.